The standard InChI is InChI=1S/C15H23NO3S/c1-15(2)10-6-5-9-14(15)16-20(18,19)13-8-4-3-7-12(13)11-17/h3-4,7-8,14,16-17H,5-6,9-11H2,1-2H3. The molecule has 0 radical (unpaired) electrons. The Morgan fingerprint density at radius 3 is 2.65 bits per heavy atom. The fourth-order valence-electron chi connectivity index (χ4n) is 2.86. The Hall–Kier alpha value is -0.910. The molecule has 0 aliphatic heterocycles. The average Bonchev–Trinajstić information content (AvgIpc) is 2.41. The SMILES string of the molecule is CC1(C)CCCCC1NS(=O)(=O)c1ccccc1CO. The molecule has 1 aromatic rings. The number of sulfonamides is 1. The van der Waals surface area contributed by atoms with Gasteiger partial charge in [-0.05, 0) is 29.9 Å². The first-order valence-electron chi connectivity index (χ1n) is 7.08. The van der Waals surface area contributed by atoms with E-state index in [1.807, 2.05) is 0 Å². The van der Waals surface area contributed by atoms with E-state index in [4.69, 9.17) is 0 Å². The number of hydrogen-bond acceptors (Lipinski definition) is 3. The van der Waals surface area contributed by atoms with Gasteiger partial charge in [0, 0.05) is 6.04 Å². The Balaban J connectivity index is 2.27. The van der Waals surface area contributed by atoms with Crippen LogP contribution in [0.25, 0.3) is 0 Å². The lowest BCUT2D eigenvalue weighted by Gasteiger charge is -2.38. The molecule has 0 amide bonds. The molecule has 0 bridgehead atoms. The summed E-state index contributed by atoms with van der Waals surface area (Å²) in [6, 6.07) is 6.55. The highest BCUT2D eigenvalue weighted by Gasteiger charge is 2.35. The van der Waals surface area contributed by atoms with Crippen LogP contribution in [0.1, 0.15) is 45.1 Å². The molecule has 1 aromatic carbocycles. The third kappa shape index (κ3) is 3.22. The summed E-state index contributed by atoms with van der Waals surface area (Å²) in [5, 5.41) is 9.30. The van der Waals surface area contributed by atoms with Crippen molar-refractivity contribution in [2.24, 2.45) is 5.41 Å². The first-order chi connectivity index (χ1) is 9.37. The number of rotatable bonds is 4. The molecule has 1 fully saturated rings. The molecule has 1 unspecified atom stereocenters. The zero-order valence-corrected chi connectivity index (χ0v) is 12.9. The van der Waals surface area contributed by atoms with Crippen molar-refractivity contribution in [2.45, 2.75) is 57.1 Å². The lowest BCUT2D eigenvalue weighted by Crippen LogP contribution is -2.46. The van der Waals surface area contributed by atoms with E-state index in [0.29, 0.717) is 5.56 Å². The van der Waals surface area contributed by atoms with Gasteiger partial charge in [0.15, 0.2) is 0 Å². The van der Waals surface area contributed by atoms with E-state index >= 15 is 0 Å². The molecule has 1 aliphatic carbocycles. The van der Waals surface area contributed by atoms with E-state index in [2.05, 4.69) is 18.6 Å². The maximum atomic E-state index is 12.5. The molecular formula is C15H23NO3S. The molecule has 0 spiro atoms. The van der Waals surface area contributed by atoms with Crippen molar-refractivity contribution in [3.8, 4) is 0 Å². The number of hydrogen-bond donors (Lipinski definition) is 2. The summed E-state index contributed by atoms with van der Waals surface area (Å²) in [5.74, 6) is 0. The maximum absolute atomic E-state index is 12.5. The van der Waals surface area contributed by atoms with Gasteiger partial charge >= 0.3 is 0 Å². The van der Waals surface area contributed by atoms with Gasteiger partial charge in [0.2, 0.25) is 10.0 Å². The number of aliphatic hydroxyl groups excluding tert-OH is 1. The monoisotopic (exact) mass is 297 g/mol. The van der Waals surface area contributed by atoms with Crippen LogP contribution >= 0.6 is 0 Å². The second kappa shape index (κ2) is 5.84. The molecule has 112 valence electrons. The molecule has 4 nitrogen and oxygen atoms in total. The maximum Gasteiger partial charge on any atom is 0.241 e. The predicted octanol–water partition coefficient (Wildman–Crippen LogP) is 2.43. The quantitative estimate of drug-likeness (QED) is 0.897. The molecular weight excluding hydrogens is 274 g/mol. The van der Waals surface area contributed by atoms with E-state index in [1.165, 1.54) is 0 Å². The minimum Gasteiger partial charge on any atom is -0.392 e. The van der Waals surface area contributed by atoms with Gasteiger partial charge in [0.1, 0.15) is 0 Å². The van der Waals surface area contributed by atoms with Crippen LogP contribution < -0.4 is 4.72 Å². The highest BCUT2D eigenvalue weighted by molar-refractivity contribution is 7.89. The van der Waals surface area contributed by atoms with Gasteiger partial charge < -0.3 is 5.11 Å². The predicted molar refractivity (Wildman–Crippen MR) is 78.7 cm³/mol. The van der Waals surface area contributed by atoms with Crippen LogP contribution in [-0.4, -0.2) is 19.6 Å². The van der Waals surface area contributed by atoms with Gasteiger partial charge in [-0.25, -0.2) is 13.1 Å². The normalized spacial score (nSPS) is 22.6. The molecule has 1 atom stereocenters. The summed E-state index contributed by atoms with van der Waals surface area (Å²) in [7, 11) is -3.58. The van der Waals surface area contributed by atoms with Crippen molar-refractivity contribution in [3.05, 3.63) is 29.8 Å². The fraction of sp³-hybridized carbons (Fsp3) is 0.600. The minimum absolute atomic E-state index is 0.0283. The van der Waals surface area contributed by atoms with Crippen LogP contribution in [0, 0.1) is 5.41 Å². The third-order valence-electron chi connectivity index (χ3n) is 4.24. The lowest BCUT2D eigenvalue weighted by atomic mass is 9.74. The molecule has 2 rings (SSSR count). The smallest absolute Gasteiger partial charge is 0.241 e. The minimum atomic E-state index is -3.58. The summed E-state index contributed by atoms with van der Waals surface area (Å²) in [4.78, 5) is 0.184. The van der Waals surface area contributed by atoms with Crippen LogP contribution in [0.5, 0.6) is 0 Å². The largest absolute Gasteiger partial charge is 0.392 e. The van der Waals surface area contributed by atoms with Gasteiger partial charge in [-0.2, -0.15) is 0 Å². The fourth-order valence-corrected chi connectivity index (χ4v) is 4.53. The van der Waals surface area contributed by atoms with Crippen LogP contribution in [0.4, 0.5) is 0 Å². The number of benzene rings is 1. The zero-order valence-electron chi connectivity index (χ0n) is 12.1. The van der Waals surface area contributed by atoms with Crippen molar-refractivity contribution in [1.82, 2.24) is 4.72 Å². The Bertz CT molecular complexity index is 566. The van der Waals surface area contributed by atoms with Gasteiger partial charge in [0.25, 0.3) is 0 Å². The second-order valence-corrected chi connectivity index (χ2v) is 7.86. The topological polar surface area (TPSA) is 66.4 Å². The number of aliphatic hydroxyl groups is 1. The number of nitrogens with one attached hydrogen (secondary N) is 1. The Morgan fingerprint density at radius 1 is 1.30 bits per heavy atom. The Labute approximate surface area is 121 Å². The Kier molecular flexibility index (Phi) is 4.52. The lowest BCUT2D eigenvalue weighted by molar-refractivity contribution is 0.188. The van der Waals surface area contributed by atoms with Gasteiger partial charge in [-0.3, -0.25) is 0 Å². The van der Waals surface area contributed by atoms with E-state index in [1.54, 1.807) is 24.3 Å². The van der Waals surface area contributed by atoms with Crippen LogP contribution in [0.3, 0.4) is 0 Å². The molecule has 0 saturated heterocycles. The van der Waals surface area contributed by atoms with Gasteiger partial charge in [0.05, 0.1) is 11.5 Å². The summed E-state index contributed by atoms with van der Waals surface area (Å²) in [6.07, 6.45) is 4.10. The molecule has 0 aromatic heterocycles. The third-order valence-corrected chi connectivity index (χ3v) is 5.81. The molecule has 5 heteroatoms. The first kappa shape index (κ1) is 15.5. The van der Waals surface area contributed by atoms with E-state index < -0.39 is 10.0 Å². The zero-order chi connectivity index (χ0) is 14.8. The summed E-state index contributed by atoms with van der Waals surface area (Å²) in [5.41, 5.74) is 0.410. The highest BCUT2D eigenvalue weighted by Crippen LogP contribution is 2.36. The second-order valence-electron chi connectivity index (χ2n) is 6.17. The van der Waals surface area contributed by atoms with Crippen molar-refractivity contribution >= 4 is 10.0 Å². The Morgan fingerprint density at radius 2 is 2.00 bits per heavy atom. The van der Waals surface area contributed by atoms with Gasteiger partial charge in [-0.15, -0.1) is 0 Å². The van der Waals surface area contributed by atoms with Crippen LogP contribution in [0.15, 0.2) is 29.2 Å². The van der Waals surface area contributed by atoms with E-state index in [-0.39, 0.29) is 23.0 Å². The van der Waals surface area contributed by atoms with Crippen molar-refractivity contribution in [3.63, 3.8) is 0 Å². The van der Waals surface area contributed by atoms with Crippen molar-refractivity contribution in [1.29, 1.82) is 0 Å². The molecule has 20 heavy (non-hydrogen) atoms. The summed E-state index contributed by atoms with van der Waals surface area (Å²) in [6.45, 7) is 3.94. The van der Waals surface area contributed by atoms with E-state index in [9.17, 15) is 13.5 Å². The van der Waals surface area contributed by atoms with Crippen molar-refractivity contribution in [2.75, 3.05) is 0 Å². The van der Waals surface area contributed by atoms with Crippen LogP contribution in [-0.2, 0) is 16.6 Å². The highest BCUT2D eigenvalue weighted by atomic mass is 32.2. The van der Waals surface area contributed by atoms with Gasteiger partial charge in [-0.1, -0.05) is 44.9 Å². The molecule has 1 saturated carbocycles. The van der Waals surface area contributed by atoms with Crippen LogP contribution in [0.2, 0.25) is 0 Å². The average molecular weight is 297 g/mol. The molecule has 0 heterocycles. The molecule has 2 N–H and O–H groups in total. The molecule has 1 aliphatic rings. The summed E-state index contributed by atoms with van der Waals surface area (Å²) < 4.78 is 27.9. The first-order valence-corrected chi connectivity index (χ1v) is 8.56. The van der Waals surface area contributed by atoms with E-state index in [0.717, 1.165) is 25.7 Å². The van der Waals surface area contributed by atoms with Crippen molar-refractivity contribution < 1.29 is 13.5 Å². The summed E-state index contributed by atoms with van der Waals surface area (Å²) >= 11 is 0.